The third kappa shape index (κ3) is 2.64. The molecule has 112 valence electrons. The van der Waals surface area contributed by atoms with Gasteiger partial charge in [0.1, 0.15) is 11.3 Å². The summed E-state index contributed by atoms with van der Waals surface area (Å²) in [5.74, 6) is 1.06. The minimum absolute atomic E-state index is 0.375. The molecule has 3 aromatic heterocycles. The largest absolute Gasteiger partial charge is 0.459 e. The molecule has 3 heterocycles. The van der Waals surface area contributed by atoms with Crippen LogP contribution in [0.15, 0.2) is 65.4 Å². The van der Waals surface area contributed by atoms with Crippen molar-refractivity contribution in [3.8, 4) is 11.3 Å². The monoisotopic (exact) mass is 302 g/mol. The van der Waals surface area contributed by atoms with Crippen molar-refractivity contribution >= 4 is 16.9 Å². The van der Waals surface area contributed by atoms with Gasteiger partial charge in [-0.25, -0.2) is 9.97 Å². The standard InChI is InChI=1S/C18H14N4O/c19-18-17-15(8-10-23-17)21-16(22-18)11-12-4-6-13(7-5-12)14-3-1-2-9-20-14/h1-10H,11H2,(H2,19,21,22). The molecule has 4 rings (SSSR count). The molecule has 0 aliphatic heterocycles. The Morgan fingerprint density at radius 2 is 1.83 bits per heavy atom. The van der Waals surface area contributed by atoms with E-state index >= 15 is 0 Å². The second-order valence-electron chi connectivity index (χ2n) is 5.25. The van der Waals surface area contributed by atoms with Gasteiger partial charge >= 0.3 is 0 Å². The fraction of sp³-hybridized carbons (Fsp3) is 0.0556. The van der Waals surface area contributed by atoms with E-state index < -0.39 is 0 Å². The molecule has 0 fully saturated rings. The first kappa shape index (κ1) is 13.5. The summed E-state index contributed by atoms with van der Waals surface area (Å²) in [7, 11) is 0. The van der Waals surface area contributed by atoms with Crippen LogP contribution in [0, 0.1) is 0 Å². The SMILES string of the molecule is Nc1nc(Cc2ccc(-c3ccccn3)cc2)nc2ccoc12. The van der Waals surface area contributed by atoms with E-state index in [2.05, 4.69) is 39.2 Å². The lowest BCUT2D eigenvalue weighted by Crippen LogP contribution is -2.01. The highest BCUT2D eigenvalue weighted by Gasteiger charge is 2.08. The normalized spacial score (nSPS) is 11.0. The van der Waals surface area contributed by atoms with Gasteiger partial charge in [-0.1, -0.05) is 30.3 Å². The van der Waals surface area contributed by atoms with Crippen molar-refractivity contribution in [2.24, 2.45) is 0 Å². The summed E-state index contributed by atoms with van der Waals surface area (Å²) >= 11 is 0. The predicted octanol–water partition coefficient (Wildman–Crippen LogP) is 3.46. The van der Waals surface area contributed by atoms with E-state index in [9.17, 15) is 0 Å². The highest BCUT2D eigenvalue weighted by molar-refractivity contribution is 5.82. The lowest BCUT2D eigenvalue weighted by Gasteiger charge is -2.04. The Kier molecular flexibility index (Phi) is 3.24. The van der Waals surface area contributed by atoms with Crippen molar-refractivity contribution < 1.29 is 4.42 Å². The predicted molar refractivity (Wildman–Crippen MR) is 88.7 cm³/mol. The number of hydrogen-bond donors (Lipinski definition) is 1. The number of aromatic nitrogens is 3. The van der Waals surface area contributed by atoms with Gasteiger partial charge in [0.05, 0.1) is 12.0 Å². The minimum Gasteiger partial charge on any atom is -0.459 e. The Morgan fingerprint density at radius 1 is 0.957 bits per heavy atom. The molecular weight excluding hydrogens is 288 g/mol. The van der Waals surface area contributed by atoms with Crippen LogP contribution in [0.1, 0.15) is 11.4 Å². The van der Waals surface area contributed by atoms with Gasteiger partial charge in [0, 0.05) is 24.2 Å². The lowest BCUT2D eigenvalue weighted by atomic mass is 10.1. The molecule has 0 unspecified atom stereocenters. The second-order valence-corrected chi connectivity index (χ2v) is 5.25. The van der Waals surface area contributed by atoms with Crippen LogP contribution in [0.3, 0.4) is 0 Å². The van der Waals surface area contributed by atoms with E-state index in [-0.39, 0.29) is 0 Å². The summed E-state index contributed by atoms with van der Waals surface area (Å²) in [5, 5.41) is 0. The van der Waals surface area contributed by atoms with Gasteiger partial charge in [-0.15, -0.1) is 0 Å². The van der Waals surface area contributed by atoms with Crippen LogP contribution in [-0.4, -0.2) is 15.0 Å². The third-order valence-electron chi connectivity index (χ3n) is 3.65. The third-order valence-corrected chi connectivity index (χ3v) is 3.65. The molecule has 0 aliphatic carbocycles. The maximum absolute atomic E-state index is 5.90. The highest BCUT2D eigenvalue weighted by Crippen LogP contribution is 2.21. The fourth-order valence-electron chi connectivity index (χ4n) is 2.52. The number of benzene rings is 1. The smallest absolute Gasteiger partial charge is 0.194 e. The average Bonchev–Trinajstić information content (AvgIpc) is 3.05. The van der Waals surface area contributed by atoms with Crippen LogP contribution in [0.2, 0.25) is 0 Å². The van der Waals surface area contributed by atoms with E-state index in [4.69, 9.17) is 10.2 Å². The summed E-state index contributed by atoms with van der Waals surface area (Å²) in [6.45, 7) is 0. The average molecular weight is 302 g/mol. The fourth-order valence-corrected chi connectivity index (χ4v) is 2.52. The zero-order valence-electron chi connectivity index (χ0n) is 12.3. The molecule has 0 atom stereocenters. The van der Waals surface area contributed by atoms with Crippen molar-refractivity contribution in [1.29, 1.82) is 0 Å². The van der Waals surface area contributed by atoms with Gasteiger partial charge < -0.3 is 10.2 Å². The quantitative estimate of drug-likeness (QED) is 0.627. The van der Waals surface area contributed by atoms with Crippen molar-refractivity contribution in [3.63, 3.8) is 0 Å². The number of fused-ring (bicyclic) bond motifs is 1. The summed E-state index contributed by atoms with van der Waals surface area (Å²) in [6, 6.07) is 15.9. The number of nitrogens with two attached hydrogens (primary N) is 1. The summed E-state index contributed by atoms with van der Waals surface area (Å²) in [4.78, 5) is 13.1. The number of nitrogens with zero attached hydrogens (tertiary/aromatic N) is 3. The van der Waals surface area contributed by atoms with E-state index in [1.54, 1.807) is 18.5 Å². The zero-order valence-corrected chi connectivity index (χ0v) is 12.3. The molecule has 0 bridgehead atoms. The Bertz CT molecular complexity index is 946. The first-order valence-electron chi connectivity index (χ1n) is 7.29. The Labute approximate surface area is 132 Å². The van der Waals surface area contributed by atoms with Gasteiger partial charge in [0.15, 0.2) is 11.4 Å². The Balaban J connectivity index is 1.61. The number of furan rings is 1. The molecule has 2 N–H and O–H groups in total. The van der Waals surface area contributed by atoms with Crippen molar-refractivity contribution in [3.05, 3.63) is 72.4 Å². The second kappa shape index (κ2) is 5.53. The molecule has 0 amide bonds. The number of rotatable bonds is 3. The molecule has 1 aromatic carbocycles. The van der Waals surface area contributed by atoms with Gasteiger partial charge in [-0.2, -0.15) is 0 Å². The molecular formula is C18H14N4O. The maximum Gasteiger partial charge on any atom is 0.194 e. The highest BCUT2D eigenvalue weighted by atomic mass is 16.3. The molecule has 4 aromatic rings. The molecule has 5 nitrogen and oxygen atoms in total. The first-order chi connectivity index (χ1) is 11.3. The summed E-state index contributed by atoms with van der Waals surface area (Å²) < 4.78 is 5.26. The number of pyridine rings is 1. The van der Waals surface area contributed by atoms with E-state index in [1.807, 2.05) is 18.2 Å². The molecule has 0 radical (unpaired) electrons. The summed E-state index contributed by atoms with van der Waals surface area (Å²) in [6.07, 6.45) is 3.98. The lowest BCUT2D eigenvalue weighted by molar-refractivity contribution is 0.614. The van der Waals surface area contributed by atoms with Gasteiger partial charge in [0.25, 0.3) is 0 Å². The van der Waals surface area contributed by atoms with Crippen molar-refractivity contribution in [2.75, 3.05) is 5.73 Å². The van der Waals surface area contributed by atoms with Crippen LogP contribution in [0.5, 0.6) is 0 Å². The van der Waals surface area contributed by atoms with Crippen LogP contribution < -0.4 is 5.73 Å². The van der Waals surface area contributed by atoms with Crippen LogP contribution in [-0.2, 0) is 6.42 Å². The van der Waals surface area contributed by atoms with Crippen LogP contribution in [0.4, 0.5) is 5.82 Å². The van der Waals surface area contributed by atoms with Gasteiger partial charge in [0.2, 0.25) is 0 Å². The number of anilines is 1. The van der Waals surface area contributed by atoms with Crippen molar-refractivity contribution in [2.45, 2.75) is 6.42 Å². The Morgan fingerprint density at radius 3 is 2.61 bits per heavy atom. The van der Waals surface area contributed by atoms with Gasteiger partial charge in [-0.3, -0.25) is 4.98 Å². The topological polar surface area (TPSA) is 77.8 Å². The maximum atomic E-state index is 5.90. The van der Waals surface area contributed by atoms with E-state index in [1.165, 1.54) is 0 Å². The molecule has 5 heteroatoms. The number of hydrogen-bond acceptors (Lipinski definition) is 5. The van der Waals surface area contributed by atoms with E-state index in [0.29, 0.717) is 23.6 Å². The molecule has 23 heavy (non-hydrogen) atoms. The molecule has 0 saturated heterocycles. The molecule has 0 aliphatic rings. The Hall–Kier alpha value is -3.21. The number of nitrogen functional groups attached to an aromatic ring is 1. The minimum atomic E-state index is 0.375. The summed E-state index contributed by atoms with van der Waals surface area (Å²) in [5.41, 5.74) is 10.3. The van der Waals surface area contributed by atoms with Crippen molar-refractivity contribution in [1.82, 2.24) is 15.0 Å². The molecule has 0 saturated carbocycles. The van der Waals surface area contributed by atoms with Crippen LogP contribution in [0.25, 0.3) is 22.4 Å². The first-order valence-corrected chi connectivity index (χ1v) is 7.29. The van der Waals surface area contributed by atoms with Gasteiger partial charge in [-0.05, 0) is 17.7 Å². The molecule has 0 spiro atoms. The van der Waals surface area contributed by atoms with Crippen LogP contribution >= 0.6 is 0 Å². The zero-order chi connectivity index (χ0) is 15.6. The van der Waals surface area contributed by atoms with E-state index in [0.717, 1.165) is 22.3 Å².